The van der Waals surface area contributed by atoms with Gasteiger partial charge < -0.3 is 10.2 Å². The number of benzene rings is 1. The van der Waals surface area contributed by atoms with Crippen LogP contribution >= 0.6 is 11.6 Å². The number of carbonyl (C=O) groups excluding carboxylic acids is 1. The molecule has 1 saturated heterocycles. The summed E-state index contributed by atoms with van der Waals surface area (Å²) in [5.74, 6) is 0.720. The highest BCUT2D eigenvalue weighted by Gasteiger charge is 2.31. The van der Waals surface area contributed by atoms with Crippen molar-refractivity contribution in [3.05, 3.63) is 34.9 Å². The Bertz CT molecular complexity index is 504. The van der Waals surface area contributed by atoms with E-state index < -0.39 is 0 Å². The first-order valence-corrected chi connectivity index (χ1v) is 8.26. The number of likely N-dealkylation sites (tertiary alicyclic amines) is 1. The average Bonchev–Trinajstić information content (AvgIpc) is 2.47. The highest BCUT2D eigenvalue weighted by molar-refractivity contribution is 6.30. The maximum atomic E-state index is 13.0. The van der Waals surface area contributed by atoms with E-state index in [0.717, 1.165) is 31.6 Å². The third-order valence-corrected chi connectivity index (χ3v) is 4.47. The van der Waals surface area contributed by atoms with Crippen molar-refractivity contribution < 1.29 is 4.79 Å². The molecule has 1 aliphatic rings. The summed E-state index contributed by atoms with van der Waals surface area (Å²) in [4.78, 5) is 17.0. The van der Waals surface area contributed by atoms with Crippen LogP contribution < -0.4 is 5.32 Å². The number of carbonyl (C=O) groups is 1. The van der Waals surface area contributed by atoms with Gasteiger partial charge in [-0.3, -0.25) is 9.69 Å². The van der Waals surface area contributed by atoms with Crippen LogP contribution in [-0.2, 0) is 4.79 Å². The second-order valence-corrected chi connectivity index (χ2v) is 6.71. The van der Waals surface area contributed by atoms with Crippen LogP contribution in [-0.4, -0.2) is 56.5 Å². The van der Waals surface area contributed by atoms with Crippen molar-refractivity contribution in [1.82, 2.24) is 15.1 Å². The van der Waals surface area contributed by atoms with E-state index in [1.165, 1.54) is 6.42 Å². The second-order valence-electron chi connectivity index (χ2n) is 6.27. The normalized spacial score (nSPS) is 20.2. The van der Waals surface area contributed by atoms with Gasteiger partial charge in [0.15, 0.2) is 0 Å². The van der Waals surface area contributed by atoms with Crippen LogP contribution in [0.4, 0.5) is 0 Å². The van der Waals surface area contributed by atoms with Crippen molar-refractivity contribution in [1.29, 1.82) is 0 Å². The van der Waals surface area contributed by atoms with Gasteiger partial charge in [0.25, 0.3) is 0 Å². The Kier molecular flexibility index (Phi) is 6.24. The predicted octanol–water partition coefficient (Wildman–Crippen LogP) is 2.40. The molecule has 1 N–H and O–H groups in total. The summed E-state index contributed by atoms with van der Waals surface area (Å²) in [6.07, 6.45) is 2.27. The lowest BCUT2D eigenvalue weighted by atomic mass is 9.96. The van der Waals surface area contributed by atoms with Crippen LogP contribution in [0.15, 0.2) is 24.3 Å². The van der Waals surface area contributed by atoms with Crippen molar-refractivity contribution in [3.8, 4) is 0 Å². The smallest absolute Gasteiger partial charge is 0.244 e. The van der Waals surface area contributed by atoms with Crippen molar-refractivity contribution in [3.63, 3.8) is 0 Å². The summed E-state index contributed by atoms with van der Waals surface area (Å²) in [6.45, 7) is 2.65. The minimum absolute atomic E-state index is 0.174. The van der Waals surface area contributed by atoms with Crippen LogP contribution in [0, 0.1) is 5.92 Å². The van der Waals surface area contributed by atoms with E-state index in [1.807, 2.05) is 55.2 Å². The molecule has 5 heteroatoms. The third kappa shape index (κ3) is 4.22. The van der Waals surface area contributed by atoms with Crippen molar-refractivity contribution in [2.45, 2.75) is 18.9 Å². The molecule has 0 bridgehead atoms. The topological polar surface area (TPSA) is 35.6 Å². The number of rotatable bonds is 5. The Morgan fingerprint density at radius 3 is 2.91 bits per heavy atom. The van der Waals surface area contributed by atoms with Gasteiger partial charge in [0.2, 0.25) is 5.91 Å². The molecule has 1 amide bonds. The molecule has 122 valence electrons. The number of hydrogen-bond donors (Lipinski definition) is 1. The molecule has 2 unspecified atom stereocenters. The highest BCUT2D eigenvalue weighted by Crippen LogP contribution is 2.26. The first-order valence-electron chi connectivity index (χ1n) is 7.88. The number of nitrogens with zero attached hydrogens (tertiary/aromatic N) is 2. The molecule has 0 aliphatic carbocycles. The van der Waals surface area contributed by atoms with Crippen molar-refractivity contribution >= 4 is 17.5 Å². The number of nitrogens with one attached hydrogen (secondary N) is 1. The van der Waals surface area contributed by atoms with Gasteiger partial charge in [-0.25, -0.2) is 0 Å². The van der Waals surface area contributed by atoms with Crippen LogP contribution in [0.3, 0.4) is 0 Å². The Balaban J connectivity index is 2.16. The summed E-state index contributed by atoms with van der Waals surface area (Å²) in [6, 6.07) is 7.34. The van der Waals surface area contributed by atoms with E-state index >= 15 is 0 Å². The first-order chi connectivity index (χ1) is 10.5. The Morgan fingerprint density at radius 2 is 2.27 bits per heavy atom. The zero-order chi connectivity index (χ0) is 16.1. The molecule has 0 aromatic heterocycles. The number of likely N-dealkylation sites (N-methyl/N-ethyl adjacent to an activating group) is 1. The SMILES string of the molecule is CNCC1CCCN(C(=O)C(c2cccc(Cl)c2)N(C)C)C1. The fourth-order valence-corrected chi connectivity index (χ4v) is 3.43. The van der Waals surface area contributed by atoms with Crippen LogP contribution in [0.1, 0.15) is 24.4 Å². The summed E-state index contributed by atoms with van der Waals surface area (Å²) in [7, 11) is 5.85. The lowest BCUT2D eigenvalue weighted by Gasteiger charge is -2.36. The molecule has 4 nitrogen and oxygen atoms in total. The molecule has 0 radical (unpaired) electrons. The van der Waals surface area contributed by atoms with E-state index in [1.54, 1.807) is 0 Å². The number of halogens is 1. The summed E-state index contributed by atoms with van der Waals surface area (Å²) >= 11 is 6.10. The van der Waals surface area contributed by atoms with Gasteiger partial charge in [0.1, 0.15) is 6.04 Å². The molecule has 0 spiro atoms. The molecule has 1 aliphatic heterocycles. The zero-order valence-electron chi connectivity index (χ0n) is 13.7. The monoisotopic (exact) mass is 323 g/mol. The average molecular weight is 324 g/mol. The van der Waals surface area contributed by atoms with Gasteiger partial charge in [-0.05, 0) is 64.1 Å². The fraction of sp³-hybridized carbons (Fsp3) is 0.588. The minimum atomic E-state index is -0.271. The maximum Gasteiger partial charge on any atom is 0.244 e. The van der Waals surface area contributed by atoms with Crippen LogP contribution in [0.2, 0.25) is 5.02 Å². The van der Waals surface area contributed by atoms with Gasteiger partial charge in [0.05, 0.1) is 0 Å². The maximum absolute atomic E-state index is 13.0. The molecular formula is C17H26ClN3O. The molecule has 1 aromatic carbocycles. The van der Waals surface area contributed by atoms with E-state index in [2.05, 4.69) is 5.32 Å². The molecule has 22 heavy (non-hydrogen) atoms. The molecule has 2 atom stereocenters. The molecule has 2 rings (SSSR count). The van der Waals surface area contributed by atoms with E-state index in [-0.39, 0.29) is 11.9 Å². The predicted molar refractivity (Wildman–Crippen MR) is 91.1 cm³/mol. The second kappa shape index (κ2) is 7.95. The molecule has 1 heterocycles. The van der Waals surface area contributed by atoms with E-state index in [0.29, 0.717) is 10.9 Å². The first kappa shape index (κ1) is 17.3. The highest BCUT2D eigenvalue weighted by atomic mass is 35.5. The van der Waals surface area contributed by atoms with Gasteiger partial charge in [-0.15, -0.1) is 0 Å². The number of amides is 1. The number of hydrogen-bond acceptors (Lipinski definition) is 3. The largest absolute Gasteiger partial charge is 0.341 e. The van der Waals surface area contributed by atoms with Crippen LogP contribution in [0.5, 0.6) is 0 Å². The molecular weight excluding hydrogens is 298 g/mol. The molecule has 1 fully saturated rings. The Hall–Kier alpha value is -1.10. The van der Waals surface area contributed by atoms with Gasteiger partial charge in [-0.2, -0.15) is 0 Å². The summed E-state index contributed by atoms with van der Waals surface area (Å²) in [5, 5.41) is 3.89. The lowest BCUT2D eigenvalue weighted by molar-refractivity contribution is -0.138. The number of piperidine rings is 1. The fourth-order valence-electron chi connectivity index (χ4n) is 3.23. The summed E-state index contributed by atoms with van der Waals surface area (Å²) < 4.78 is 0. The van der Waals surface area contributed by atoms with Crippen molar-refractivity contribution in [2.24, 2.45) is 5.92 Å². The quantitative estimate of drug-likeness (QED) is 0.904. The van der Waals surface area contributed by atoms with Gasteiger partial charge in [0, 0.05) is 18.1 Å². The standard InChI is InChI=1S/C17H26ClN3O/c1-19-11-13-6-5-9-21(12-13)17(22)16(20(2)3)14-7-4-8-15(18)10-14/h4,7-8,10,13,16,19H,5-6,9,11-12H2,1-3H3. The van der Waals surface area contributed by atoms with Crippen LogP contribution in [0.25, 0.3) is 0 Å². The van der Waals surface area contributed by atoms with Crippen molar-refractivity contribution in [2.75, 3.05) is 40.8 Å². The van der Waals surface area contributed by atoms with E-state index in [4.69, 9.17) is 11.6 Å². The van der Waals surface area contributed by atoms with E-state index in [9.17, 15) is 4.79 Å². The Morgan fingerprint density at radius 1 is 1.50 bits per heavy atom. The minimum Gasteiger partial charge on any atom is -0.341 e. The third-order valence-electron chi connectivity index (χ3n) is 4.24. The van der Waals surface area contributed by atoms with Gasteiger partial charge >= 0.3 is 0 Å². The summed E-state index contributed by atoms with van der Waals surface area (Å²) in [5.41, 5.74) is 0.957. The Labute approximate surface area is 138 Å². The lowest BCUT2D eigenvalue weighted by Crippen LogP contribution is -2.46. The molecule has 0 saturated carbocycles. The molecule has 1 aromatic rings. The van der Waals surface area contributed by atoms with Gasteiger partial charge in [-0.1, -0.05) is 23.7 Å². The zero-order valence-corrected chi connectivity index (χ0v) is 14.4.